The van der Waals surface area contributed by atoms with Gasteiger partial charge in [-0.1, -0.05) is 18.7 Å². The van der Waals surface area contributed by atoms with Gasteiger partial charge in [0.2, 0.25) is 0 Å². The first-order valence-corrected chi connectivity index (χ1v) is 3.60. The Balaban J connectivity index is 3.02. The molecule has 1 aromatic carbocycles. The lowest BCUT2D eigenvalue weighted by molar-refractivity contribution is -0.274. The van der Waals surface area contributed by atoms with Crippen LogP contribution in [0.1, 0.15) is 5.56 Å². The molecule has 76 valence electrons. The van der Waals surface area contributed by atoms with E-state index >= 15 is 0 Å². The lowest BCUT2D eigenvalue weighted by Crippen LogP contribution is -2.17. The van der Waals surface area contributed by atoms with Crippen LogP contribution in [0, 0.1) is 0 Å². The summed E-state index contributed by atoms with van der Waals surface area (Å²) in [7, 11) is 0. The van der Waals surface area contributed by atoms with Crippen LogP contribution in [0.15, 0.2) is 30.8 Å². The molecule has 0 aromatic heterocycles. The van der Waals surface area contributed by atoms with Crippen molar-refractivity contribution in [3.63, 3.8) is 0 Å². The lowest BCUT2D eigenvalue weighted by Gasteiger charge is -2.11. The molecule has 0 saturated carbocycles. The number of alkyl halides is 3. The first-order chi connectivity index (χ1) is 6.40. The van der Waals surface area contributed by atoms with E-state index in [0.717, 1.165) is 12.1 Å². The average Bonchev–Trinajstić information content (AvgIpc) is 2.01. The Morgan fingerprint density at radius 3 is 2.29 bits per heavy atom. The van der Waals surface area contributed by atoms with Gasteiger partial charge in [-0.3, -0.25) is 0 Å². The largest absolute Gasteiger partial charge is 0.573 e. The predicted molar refractivity (Wildman–Crippen MR) is 43.3 cm³/mol. The molecule has 0 radical (unpaired) electrons. The van der Waals surface area contributed by atoms with E-state index in [1.807, 2.05) is 0 Å². The average molecular weight is 206 g/mol. The van der Waals surface area contributed by atoms with Gasteiger partial charge in [-0.05, 0) is 12.1 Å². The molecule has 1 aromatic rings. The summed E-state index contributed by atoms with van der Waals surface area (Å²) in [5.41, 5.74) is -0.301. The first kappa shape index (κ1) is 10.6. The molecule has 0 fully saturated rings. The van der Waals surface area contributed by atoms with Crippen molar-refractivity contribution in [2.75, 3.05) is 0 Å². The highest BCUT2D eigenvalue weighted by Crippen LogP contribution is 2.30. The van der Waals surface area contributed by atoms with E-state index in [9.17, 15) is 17.6 Å². The van der Waals surface area contributed by atoms with Crippen molar-refractivity contribution in [2.45, 2.75) is 6.36 Å². The second kappa shape index (κ2) is 3.69. The fraction of sp³-hybridized carbons (Fsp3) is 0.111. The van der Waals surface area contributed by atoms with E-state index in [4.69, 9.17) is 0 Å². The Morgan fingerprint density at radius 2 is 1.79 bits per heavy atom. The molecule has 0 bridgehead atoms. The highest BCUT2D eigenvalue weighted by molar-refractivity contribution is 5.63. The smallest absolute Gasteiger partial charge is 0.405 e. The molecule has 1 nitrogen and oxygen atoms in total. The summed E-state index contributed by atoms with van der Waals surface area (Å²) in [6.07, 6.45) is -4.83. The first-order valence-electron chi connectivity index (χ1n) is 3.60. The van der Waals surface area contributed by atoms with Crippen molar-refractivity contribution in [1.82, 2.24) is 0 Å². The summed E-state index contributed by atoms with van der Waals surface area (Å²) in [4.78, 5) is 0. The molecule has 0 atom stereocenters. The summed E-state index contributed by atoms with van der Waals surface area (Å²) in [6, 6.07) is 4.88. The highest BCUT2D eigenvalue weighted by atomic mass is 19.4. The Hall–Kier alpha value is -1.52. The Kier molecular flexibility index (Phi) is 2.78. The van der Waals surface area contributed by atoms with Crippen LogP contribution in [-0.2, 0) is 0 Å². The van der Waals surface area contributed by atoms with E-state index in [1.165, 1.54) is 12.1 Å². The molecule has 14 heavy (non-hydrogen) atoms. The summed E-state index contributed by atoms with van der Waals surface area (Å²) < 4.78 is 51.7. The molecule has 0 saturated heterocycles. The second-order valence-corrected chi connectivity index (χ2v) is 2.45. The van der Waals surface area contributed by atoms with Gasteiger partial charge in [-0.25, -0.2) is 4.39 Å². The number of rotatable bonds is 2. The van der Waals surface area contributed by atoms with Gasteiger partial charge in [0.25, 0.3) is 0 Å². The maximum Gasteiger partial charge on any atom is 0.573 e. The van der Waals surface area contributed by atoms with Crippen LogP contribution in [-0.4, -0.2) is 6.36 Å². The summed E-state index contributed by atoms with van der Waals surface area (Å²) in [5, 5.41) is 0. The molecule has 0 amide bonds. The number of para-hydroxylation sites is 1. The Bertz CT molecular complexity index is 343. The third kappa shape index (κ3) is 2.76. The Morgan fingerprint density at radius 1 is 1.21 bits per heavy atom. The third-order valence-corrected chi connectivity index (χ3v) is 1.40. The van der Waals surface area contributed by atoms with Crippen LogP contribution < -0.4 is 4.74 Å². The molecule has 1 rings (SSSR count). The standard InChI is InChI=1S/C9H6F4O/c1-6(10)7-4-2-3-5-8(7)14-9(11,12)13/h2-5H,1H2. The van der Waals surface area contributed by atoms with Gasteiger partial charge in [0.05, 0.1) is 5.56 Å². The topological polar surface area (TPSA) is 9.23 Å². The SMILES string of the molecule is C=C(F)c1ccccc1OC(F)(F)F. The maximum absolute atomic E-state index is 12.6. The molecule has 0 aliphatic carbocycles. The molecule has 0 aliphatic rings. The predicted octanol–water partition coefficient (Wildman–Crippen LogP) is 3.53. The molecular weight excluding hydrogens is 200 g/mol. The minimum Gasteiger partial charge on any atom is -0.405 e. The fourth-order valence-electron chi connectivity index (χ4n) is 0.904. The molecule has 0 heterocycles. The molecule has 0 aliphatic heterocycles. The van der Waals surface area contributed by atoms with Crippen molar-refractivity contribution in [1.29, 1.82) is 0 Å². The number of hydrogen-bond donors (Lipinski definition) is 0. The molecular formula is C9H6F4O. The highest BCUT2D eigenvalue weighted by Gasteiger charge is 2.32. The number of hydrogen-bond acceptors (Lipinski definition) is 1. The zero-order chi connectivity index (χ0) is 10.8. The van der Waals surface area contributed by atoms with Crippen molar-refractivity contribution >= 4 is 5.83 Å². The van der Waals surface area contributed by atoms with Gasteiger partial charge >= 0.3 is 6.36 Å². The number of benzene rings is 1. The minimum absolute atomic E-state index is 0.301. The number of ether oxygens (including phenoxy) is 1. The maximum atomic E-state index is 12.6. The fourth-order valence-corrected chi connectivity index (χ4v) is 0.904. The van der Waals surface area contributed by atoms with Gasteiger partial charge in [0, 0.05) is 0 Å². The summed E-state index contributed by atoms with van der Waals surface area (Å²) in [5.74, 6) is -1.56. The van der Waals surface area contributed by atoms with Crippen molar-refractivity contribution in [2.24, 2.45) is 0 Å². The van der Waals surface area contributed by atoms with E-state index in [-0.39, 0.29) is 5.56 Å². The molecule has 0 spiro atoms. The molecule has 0 N–H and O–H groups in total. The summed E-state index contributed by atoms with van der Waals surface area (Å²) in [6.45, 7) is 2.90. The van der Waals surface area contributed by atoms with Crippen molar-refractivity contribution in [3.05, 3.63) is 36.4 Å². The van der Waals surface area contributed by atoms with Gasteiger partial charge in [0.1, 0.15) is 11.6 Å². The van der Waals surface area contributed by atoms with E-state index < -0.39 is 17.9 Å². The van der Waals surface area contributed by atoms with E-state index in [2.05, 4.69) is 11.3 Å². The van der Waals surface area contributed by atoms with Crippen LogP contribution >= 0.6 is 0 Å². The summed E-state index contributed by atoms with van der Waals surface area (Å²) >= 11 is 0. The van der Waals surface area contributed by atoms with Crippen LogP contribution in [0.4, 0.5) is 17.6 Å². The molecule has 0 unspecified atom stereocenters. The monoisotopic (exact) mass is 206 g/mol. The van der Waals surface area contributed by atoms with Crippen LogP contribution in [0.3, 0.4) is 0 Å². The quantitative estimate of drug-likeness (QED) is 0.672. The lowest BCUT2D eigenvalue weighted by atomic mass is 10.2. The zero-order valence-corrected chi connectivity index (χ0v) is 6.94. The van der Waals surface area contributed by atoms with Gasteiger partial charge < -0.3 is 4.74 Å². The van der Waals surface area contributed by atoms with Crippen LogP contribution in [0.2, 0.25) is 0 Å². The Labute approximate surface area is 77.6 Å². The normalized spacial score (nSPS) is 11.1. The van der Waals surface area contributed by atoms with Crippen molar-refractivity contribution in [3.8, 4) is 5.75 Å². The molecule has 5 heteroatoms. The second-order valence-electron chi connectivity index (χ2n) is 2.45. The van der Waals surface area contributed by atoms with Gasteiger partial charge in [-0.15, -0.1) is 13.2 Å². The van der Waals surface area contributed by atoms with E-state index in [1.54, 1.807) is 0 Å². The van der Waals surface area contributed by atoms with Crippen molar-refractivity contribution < 1.29 is 22.3 Å². The van der Waals surface area contributed by atoms with E-state index in [0.29, 0.717) is 0 Å². The van der Waals surface area contributed by atoms with Crippen LogP contribution in [0.25, 0.3) is 5.83 Å². The van der Waals surface area contributed by atoms with Gasteiger partial charge in [0.15, 0.2) is 0 Å². The zero-order valence-electron chi connectivity index (χ0n) is 6.94. The van der Waals surface area contributed by atoms with Crippen LogP contribution in [0.5, 0.6) is 5.75 Å². The minimum atomic E-state index is -4.83. The van der Waals surface area contributed by atoms with Gasteiger partial charge in [-0.2, -0.15) is 0 Å². The number of halogens is 4. The third-order valence-electron chi connectivity index (χ3n) is 1.40.